The van der Waals surface area contributed by atoms with Gasteiger partial charge in [-0.3, -0.25) is 0 Å². The zero-order chi connectivity index (χ0) is 13.8. The third kappa shape index (κ3) is 5.18. The molecule has 0 bridgehead atoms. The van der Waals surface area contributed by atoms with E-state index < -0.39 is 12.8 Å². The summed E-state index contributed by atoms with van der Waals surface area (Å²) in [5, 5.41) is -0.194. The molecule has 0 aromatic carbocycles. The molecule has 0 fully saturated rings. The number of hydrogen-bond donors (Lipinski definition) is 0. The van der Waals surface area contributed by atoms with E-state index in [-0.39, 0.29) is 18.4 Å². The van der Waals surface area contributed by atoms with Crippen LogP contribution in [0.1, 0.15) is 29.4 Å². The lowest BCUT2D eigenvalue weighted by atomic mass is 10.2. The van der Waals surface area contributed by atoms with E-state index in [1.807, 2.05) is 0 Å². The minimum Gasteiger partial charge on any atom is -0.372 e. The number of nitrogens with zero attached hydrogens (tertiary/aromatic N) is 2. The van der Waals surface area contributed by atoms with Crippen molar-refractivity contribution in [2.75, 3.05) is 13.2 Å². The van der Waals surface area contributed by atoms with Crippen molar-refractivity contribution in [2.24, 2.45) is 0 Å². The van der Waals surface area contributed by atoms with Crippen LogP contribution in [0.4, 0.5) is 13.2 Å². The molecule has 1 rings (SSSR count). The maximum Gasteiger partial charge on any atom is 0.411 e. The lowest BCUT2D eigenvalue weighted by molar-refractivity contribution is -0.173. The molecule has 1 atom stereocenters. The Hall–Kier alpha value is -0.880. The molecule has 0 spiro atoms. The number of alkyl halides is 4. The predicted octanol–water partition coefficient (Wildman–Crippen LogP) is 3.21. The van der Waals surface area contributed by atoms with Crippen LogP contribution < -0.4 is 0 Å². The van der Waals surface area contributed by atoms with E-state index in [4.69, 9.17) is 11.6 Å². The Labute approximate surface area is 108 Å². The minimum atomic E-state index is -4.30. The largest absolute Gasteiger partial charge is 0.411 e. The fourth-order valence-corrected chi connectivity index (χ4v) is 1.60. The van der Waals surface area contributed by atoms with E-state index in [9.17, 15) is 13.2 Å². The van der Waals surface area contributed by atoms with Gasteiger partial charge in [-0.2, -0.15) is 13.2 Å². The van der Waals surface area contributed by atoms with Crippen LogP contribution in [0.15, 0.2) is 6.20 Å². The molecule has 0 aliphatic carbocycles. The zero-order valence-corrected chi connectivity index (χ0v) is 10.8. The number of aromatic nitrogens is 2. The molecule has 0 aliphatic heterocycles. The highest BCUT2D eigenvalue weighted by Crippen LogP contribution is 2.20. The molecule has 0 saturated heterocycles. The van der Waals surface area contributed by atoms with Crippen LogP contribution in [0.25, 0.3) is 0 Å². The Balaban J connectivity index is 2.47. The van der Waals surface area contributed by atoms with Gasteiger partial charge >= 0.3 is 6.18 Å². The van der Waals surface area contributed by atoms with Gasteiger partial charge in [0.2, 0.25) is 0 Å². The van der Waals surface area contributed by atoms with Gasteiger partial charge in [-0.15, -0.1) is 11.6 Å². The second kappa shape index (κ2) is 6.33. The predicted molar refractivity (Wildman–Crippen MR) is 61.6 cm³/mol. The molecule has 7 heteroatoms. The van der Waals surface area contributed by atoms with Gasteiger partial charge in [0.25, 0.3) is 0 Å². The van der Waals surface area contributed by atoms with Crippen LogP contribution in [0, 0.1) is 6.92 Å². The van der Waals surface area contributed by atoms with Gasteiger partial charge in [-0.05, 0) is 13.8 Å². The van der Waals surface area contributed by atoms with Gasteiger partial charge in [0.1, 0.15) is 12.4 Å². The molecule has 1 aromatic rings. The summed E-state index contributed by atoms with van der Waals surface area (Å²) in [6.07, 6.45) is -2.46. The fourth-order valence-electron chi connectivity index (χ4n) is 1.39. The van der Waals surface area contributed by atoms with Crippen molar-refractivity contribution in [3.8, 4) is 0 Å². The van der Waals surface area contributed by atoms with E-state index in [1.54, 1.807) is 20.0 Å². The summed E-state index contributed by atoms with van der Waals surface area (Å²) < 4.78 is 39.9. The summed E-state index contributed by atoms with van der Waals surface area (Å²) in [4.78, 5) is 8.21. The molecule has 1 unspecified atom stereocenters. The third-order valence-electron chi connectivity index (χ3n) is 2.23. The summed E-state index contributed by atoms with van der Waals surface area (Å²) in [5.74, 6) is 0.454. The average molecular weight is 283 g/mol. The van der Waals surface area contributed by atoms with Gasteiger partial charge in [0, 0.05) is 23.9 Å². The Morgan fingerprint density at radius 1 is 1.44 bits per heavy atom. The van der Waals surface area contributed by atoms with Crippen LogP contribution in [0.3, 0.4) is 0 Å². The first-order chi connectivity index (χ1) is 8.29. The molecule has 0 amide bonds. The average Bonchev–Trinajstić information content (AvgIpc) is 2.22. The first-order valence-electron chi connectivity index (χ1n) is 5.40. The van der Waals surface area contributed by atoms with E-state index in [2.05, 4.69) is 14.7 Å². The Bertz CT molecular complexity index is 396. The molecule has 0 saturated carbocycles. The van der Waals surface area contributed by atoms with Gasteiger partial charge < -0.3 is 4.74 Å². The van der Waals surface area contributed by atoms with Crippen LogP contribution in [0.5, 0.6) is 0 Å². The molecular formula is C11H14ClF3N2O. The molecule has 1 heterocycles. The first kappa shape index (κ1) is 15.2. The molecule has 102 valence electrons. The standard InChI is InChI=1S/C11H14ClF3N2O/c1-7(12)9-5-16-10(17-8(9)2)3-4-18-6-11(13,14)15/h5,7H,3-4,6H2,1-2H3. The monoisotopic (exact) mass is 282 g/mol. The van der Waals surface area contributed by atoms with Crippen molar-refractivity contribution in [1.82, 2.24) is 9.97 Å². The SMILES string of the molecule is Cc1nc(CCOCC(F)(F)F)ncc1C(C)Cl. The molecule has 0 N–H and O–H groups in total. The molecule has 0 aliphatic rings. The first-order valence-corrected chi connectivity index (χ1v) is 5.84. The van der Waals surface area contributed by atoms with Gasteiger partial charge in [-0.25, -0.2) is 9.97 Å². The number of ether oxygens (including phenoxy) is 1. The van der Waals surface area contributed by atoms with Crippen LogP contribution >= 0.6 is 11.6 Å². The summed E-state index contributed by atoms with van der Waals surface area (Å²) in [7, 11) is 0. The summed E-state index contributed by atoms with van der Waals surface area (Å²) >= 11 is 5.91. The summed E-state index contributed by atoms with van der Waals surface area (Å²) in [5.41, 5.74) is 1.55. The lowest BCUT2D eigenvalue weighted by Crippen LogP contribution is -2.18. The van der Waals surface area contributed by atoms with E-state index in [0.29, 0.717) is 5.82 Å². The van der Waals surface area contributed by atoms with Crippen molar-refractivity contribution >= 4 is 11.6 Å². The van der Waals surface area contributed by atoms with Crippen molar-refractivity contribution in [2.45, 2.75) is 31.8 Å². The van der Waals surface area contributed by atoms with Crippen molar-refractivity contribution in [1.29, 1.82) is 0 Å². The smallest absolute Gasteiger partial charge is 0.372 e. The van der Waals surface area contributed by atoms with Gasteiger partial charge in [0.05, 0.1) is 12.0 Å². The van der Waals surface area contributed by atoms with Crippen molar-refractivity contribution < 1.29 is 17.9 Å². The van der Waals surface area contributed by atoms with Crippen LogP contribution in [-0.4, -0.2) is 29.4 Å². The van der Waals surface area contributed by atoms with Crippen molar-refractivity contribution in [3.05, 3.63) is 23.3 Å². The van der Waals surface area contributed by atoms with Gasteiger partial charge in [-0.1, -0.05) is 0 Å². The molecule has 3 nitrogen and oxygen atoms in total. The highest BCUT2D eigenvalue weighted by molar-refractivity contribution is 6.20. The molecular weight excluding hydrogens is 269 g/mol. The van der Waals surface area contributed by atoms with Crippen molar-refractivity contribution in [3.63, 3.8) is 0 Å². The second-order valence-electron chi connectivity index (χ2n) is 3.86. The zero-order valence-electron chi connectivity index (χ0n) is 10.1. The maximum absolute atomic E-state index is 11.8. The highest BCUT2D eigenvalue weighted by Gasteiger charge is 2.27. The van der Waals surface area contributed by atoms with E-state index in [1.165, 1.54) is 0 Å². The maximum atomic E-state index is 11.8. The van der Waals surface area contributed by atoms with E-state index in [0.717, 1.165) is 11.3 Å². The number of aryl methyl sites for hydroxylation is 1. The topological polar surface area (TPSA) is 35.0 Å². The van der Waals surface area contributed by atoms with Gasteiger partial charge in [0.15, 0.2) is 0 Å². The molecule has 18 heavy (non-hydrogen) atoms. The normalized spacial score (nSPS) is 13.7. The lowest BCUT2D eigenvalue weighted by Gasteiger charge is -2.09. The Morgan fingerprint density at radius 2 is 2.11 bits per heavy atom. The third-order valence-corrected chi connectivity index (χ3v) is 2.47. The summed E-state index contributed by atoms with van der Waals surface area (Å²) in [6.45, 7) is 2.28. The number of hydrogen-bond acceptors (Lipinski definition) is 3. The number of rotatable bonds is 5. The number of halogens is 4. The second-order valence-corrected chi connectivity index (χ2v) is 4.52. The Morgan fingerprint density at radius 3 is 2.61 bits per heavy atom. The van der Waals surface area contributed by atoms with Crippen LogP contribution in [0.2, 0.25) is 0 Å². The quantitative estimate of drug-likeness (QED) is 0.614. The highest BCUT2D eigenvalue weighted by atomic mass is 35.5. The molecule has 1 aromatic heterocycles. The molecule has 0 radical (unpaired) electrons. The fraction of sp³-hybridized carbons (Fsp3) is 0.636. The van der Waals surface area contributed by atoms with Crippen LogP contribution in [-0.2, 0) is 11.2 Å². The summed E-state index contributed by atoms with van der Waals surface area (Å²) in [6, 6.07) is 0. The Kier molecular flexibility index (Phi) is 5.34. The minimum absolute atomic E-state index is 0.0608. The van der Waals surface area contributed by atoms with E-state index >= 15 is 0 Å².